The third-order valence-electron chi connectivity index (χ3n) is 4.73. The summed E-state index contributed by atoms with van der Waals surface area (Å²) in [6.07, 6.45) is 0.739. The van der Waals surface area contributed by atoms with Crippen molar-refractivity contribution in [3.8, 4) is 11.5 Å². The number of methoxy groups -OCH3 is 2. The van der Waals surface area contributed by atoms with Gasteiger partial charge in [0.1, 0.15) is 11.5 Å². The van der Waals surface area contributed by atoms with Crippen LogP contribution in [0.3, 0.4) is 0 Å². The van der Waals surface area contributed by atoms with Gasteiger partial charge in [0.25, 0.3) is 11.8 Å². The van der Waals surface area contributed by atoms with Gasteiger partial charge in [-0.15, -0.1) is 0 Å². The fourth-order valence-electron chi connectivity index (χ4n) is 3.23. The number of ether oxygens (including phenoxy) is 2. The van der Waals surface area contributed by atoms with Gasteiger partial charge in [-0.1, -0.05) is 18.2 Å². The minimum atomic E-state index is -0.0940. The molecule has 27 heavy (non-hydrogen) atoms. The third kappa shape index (κ3) is 4.22. The Bertz CT molecular complexity index is 807. The van der Waals surface area contributed by atoms with Crippen LogP contribution in [0.4, 0.5) is 0 Å². The van der Waals surface area contributed by atoms with Crippen LogP contribution in [0.15, 0.2) is 48.5 Å². The van der Waals surface area contributed by atoms with Gasteiger partial charge in [0.2, 0.25) is 0 Å². The first-order valence-corrected chi connectivity index (χ1v) is 8.99. The Balaban J connectivity index is 1.71. The molecular weight excluding hydrogens is 344 g/mol. The van der Waals surface area contributed by atoms with Gasteiger partial charge in [-0.05, 0) is 30.7 Å². The zero-order chi connectivity index (χ0) is 19.2. The zero-order valence-corrected chi connectivity index (χ0v) is 15.7. The minimum absolute atomic E-state index is 0.00641. The van der Waals surface area contributed by atoms with Crippen molar-refractivity contribution in [1.82, 2.24) is 9.80 Å². The molecule has 1 aliphatic heterocycles. The molecule has 1 heterocycles. The lowest BCUT2D eigenvalue weighted by molar-refractivity contribution is 0.0717. The topological polar surface area (TPSA) is 59.1 Å². The van der Waals surface area contributed by atoms with E-state index in [-0.39, 0.29) is 11.8 Å². The number of amides is 2. The number of hydrogen-bond acceptors (Lipinski definition) is 4. The van der Waals surface area contributed by atoms with E-state index in [0.29, 0.717) is 48.8 Å². The first-order chi connectivity index (χ1) is 13.1. The summed E-state index contributed by atoms with van der Waals surface area (Å²) in [7, 11) is 3.11. The molecule has 2 aromatic carbocycles. The van der Waals surface area contributed by atoms with Crippen molar-refractivity contribution >= 4 is 11.8 Å². The zero-order valence-electron chi connectivity index (χ0n) is 15.7. The summed E-state index contributed by atoms with van der Waals surface area (Å²) in [4.78, 5) is 29.2. The normalized spacial score (nSPS) is 14.4. The van der Waals surface area contributed by atoms with Crippen LogP contribution in [0.1, 0.15) is 27.1 Å². The van der Waals surface area contributed by atoms with Gasteiger partial charge in [0.15, 0.2) is 0 Å². The van der Waals surface area contributed by atoms with Crippen LogP contribution in [0.25, 0.3) is 0 Å². The lowest BCUT2D eigenvalue weighted by Crippen LogP contribution is -2.37. The Kier molecular flexibility index (Phi) is 5.96. The summed E-state index contributed by atoms with van der Waals surface area (Å²) >= 11 is 0. The summed E-state index contributed by atoms with van der Waals surface area (Å²) in [6, 6.07) is 14.4. The summed E-state index contributed by atoms with van der Waals surface area (Å²) in [5, 5.41) is 0. The van der Waals surface area contributed by atoms with Crippen LogP contribution in [0, 0.1) is 0 Å². The molecule has 0 saturated carbocycles. The molecule has 2 aromatic rings. The Morgan fingerprint density at radius 1 is 0.815 bits per heavy atom. The highest BCUT2D eigenvalue weighted by Crippen LogP contribution is 2.26. The van der Waals surface area contributed by atoms with Crippen LogP contribution < -0.4 is 9.47 Å². The van der Waals surface area contributed by atoms with Crippen molar-refractivity contribution < 1.29 is 19.1 Å². The van der Waals surface area contributed by atoms with Gasteiger partial charge in [0, 0.05) is 37.8 Å². The van der Waals surface area contributed by atoms with E-state index in [1.54, 1.807) is 30.2 Å². The van der Waals surface area contributed by atoms with Gasteiger partial charge in [-0.25, -0.2) is 0 Å². The molecule has 3 rings (SSSR count). The average molecular weight is 368 g/mol. The van der Waals surface area contributed by atoms with Crippen molar-refractivity contribution in [2.24, 2.45) is 0 Å². The molecule has 6 heteroatoms. The molecule has 0 bridgehead atoms. The van der Waals surface area contributed by atoms with Gasteiger partial charge in [-0.2, -0.15) is 0 Å². The quantitative estimate of drug-likeness (QED) is 0.833. The smallest absolute Gasteiger partial charge is 0.257 e. The van der Waals surface area contributed by atoms with E-state index in [9.17, 15) is 9.59 Å². The minimum Gasteiger partial charge on any atom is -0.497 e. The van der Waals surface area contributed by atoms with Crippen molar-refractivity contribution in [2.45, 2.75) is 6.42 Å². The summed E-state index contributed by atoms with van der Waals surface area (Å²) < 4.78 is 10.5. The van der Waals surface area contributed by atoms with Crippen molar-refractivity contribution in [2.75, 3.05) is 40.4 Å². The van der Waals surface area contributed by atoms with Gasteiger partial charge in [0.05, 0.1) is 19.8 Å². The standard InChI is InChI=1S/C21H24N2O4/c1-26-17-9-10-18(19(15-17)27-2)21(25)23-12-6-11-22(13-14-23)20(24)16-7-4-3-5-8-16/h3-5,7-10,15H,6,11-14H2,1-2H3. The SMILES string of the molecule is COc1ccc(C(=O)N2CCCN(C(=O)c3ccccc3)CC2)c(OC)c1. The van der Waals surface area contributed by atoms with Crippen LogP contribution in [0.2, 0.25) is 0 Å². The largest absolute Gasteiger partial charge is 0.497 e. The number of hydrogen-bond donors (Lipinski definition) is 0. The van der Waals surface area contributed by atoms with Gasteiger partial charge >= 0.3 is 0 Å². The molecule has 0 unspecified atom stereocenters. The van der Waals surface area contributed by atoms with Crippen LogP contribution in [0.5, 0.6) is 11.5 Å². The molecular formula is C21H24N2O4. The van der Waals surface area contributed by atoms with Crippen LogP contribution >= 0.6 is 0 Å². The van der Waals surface area contributed by atoms with E-state index in [1.165, 1.54) is 7.11 Å². The second kappa shape index (κ2) is 8.58. The molecule has 1 aliphatic rings. The first-order valence-electron chi connectivity index (χ1n) is 8.99. The summed E-state index contributed by atoms with van der Waals surface area (Å²) in [5.74, 6) is 1.04. The lowest BCUT2D eigenvalue weighted by atomic mass is 10.1. The highest BCUT2D eigenvalue weighted by atomic mass is 16.5. The molecule has 142 valence electrons. The highest BCUT2D eigenvalue weighted by Gasteiger charge is 2.25. The molecule has 0 aromatic heterocycles. The molecule has 6 nitrogen and oxygen atoms in total. The number of rotatable bonds is 4. The molecule has 0 spiro atoms. The van der Waals surface area contributed by atoms with E-state index in [1.807, 2.05) is 35.2 Å². The van der Waals surface area contributed by atoms with Crippen molar-refractivity contribution in [3.05, 3.63) is 59.7 Å². The van der Waals surface area contributed by atoms with Gasteiger partial charge in [-0.3, -0.25) is 9.59 Å². The van der Waals surface area contributed by atoms with Crippen LogP contribution in [-0.2, 0) is 0 Å². The van der Waals surface area contributed by atoms with E-state index in [4.69, 9.17) is 9.47 Å². The summed E-state index contributed by atoms with van der Waals surface area (Å²) in [5.41, 5.74) is 1.18. The second-order valence-electron chi connectivity index (χ2n) is 6.37. The molecule has 0 aliphatic carbocycles. The van der Waals surface area contributed by atoms with Crippen molar-refractivity contribution in [1.29, 1.82) is 0 Å². The molecule has 0 N–H and O–H groups in total. The third-order valence-corrected chi connectivity index (χ3v) is 4.73. The molecule has 2 amide bonds. The second-order valence-corrected chi connectivity index (χ2v) is 6.37. The monoisotopic (exact) mass is 368 g/mol. The predicted molar refractivity (Wildman–Crippen MR) is 102 cm³/mol. The number of nitrogens with zero attached hydrogens (tertiary/aromatic N) is 2. The fraction of sp³-hybridized carbons (Fsp3) is 0.333. The van der Waals surface area contributed by atoms with Crippen LogP contribution in [-0.4, -0.2) is 62.0 Å². The molecule has 1 saturated heterocycles. The Morgan fingerprint density at radius 3 is 2.11 bits per heavy atom. The number of carbonyl (C=O) groups is 2. The maximum absolute atomic E-state index is 13.0. The molecule has 0 atom stereocenters. The Labute approximate surface area is 159 Å². The fourth-order valence-corrected chi connectivity index (χ4v) is 3.23. The maximum atomic E-state index is 13.0. The predicted octanol–water partition coefficient (Wildman–Crippen LogP) is 2.69. The summed E-state index contributed by atoms with van der Waals surface area (Å²) in [6.45, 7) is 2.24. The van der Waals surface area contributed by atoms with Crippen molar-refractivity contribution in [3.63, 3.8) is 0 Å². The highest BCUT2D eigenvalue weighted by molar-refractivity contribution is 5.97. The van der Waals surface area contributed by atoms with E-state index in [0.717, 1.165) is 6.42 Å². The van der Waals surface area contributed by atoms with E-state index >= 15 is 0 Å². The van der Waals surface area contributed by atoms with E-state index < -0.39 is 0 Å². The lowest BCUT2D eigenvalue weighted by Gasteiger charge is -2.23. The molecule has 0 radical (unpaired) electrons. The maximum Gasteiger partial charge on any atom is 0.257 e. The Hall–Kier alpha value is -3.02. The number of benzene rings is 2. The number of carbonyl (C=O) groups excluding carboxylic acids is 2. The molecule has 1 fully saturated rings. The first kappa shape index (κ1) is 18.8. The van der Waals surface area contributed by atoms with Gasteiger partial charge < -0.3 is 19.3 Å². The average Bonchev–Trinajstić information content (AvgIpc) is 2.99. The Morgan fingerprint density at radius 2 is 1.48 bits per heavy atom. The van der Waals surface area contributed by atoms with E-state index in [2.05, 4.69) is 0 Å².